The zero-order chi connectivity index (χ0) is 14.2. The van der Waals surface area contributed by atoms with Crippen LogP contribution in [0, 0.1) is 5.92 Å². The van der Waals surface area contributed by atoms with E-state index in [0.717, 1.165) is 31.0 Å². The van der Waals surface area contributed by atoms with Crippen LogP contribution in [0.1, 0.15) is 24.5 Å². The average Bonchev–Trinajstić information content (AvgIpc) is 2.94. The van der Waals surface area contributed by atoms with Gasteiger partial charge in [-0.25, -0.2) is 0 Å². The molecule has 1 N–H and O–H groups in total. The lowest BCUT2D eigenvalue weighted by Crippen LogP contribution is -2.26. The second kappa shape index (κ2) is 8.46. The molecular weight excluding hydrogens is 286 g/mol. The van der Waals surface area contributed by atoms with E-state index in [9.17, 15) is 0 Å². The molecule has 3 heteroatoms. The Morgan fingerprint density at radius 1 is 1.10 bits per heavy atom. The average molecular weight is 308 g/mol. The van der Waals surface area contributed by atoms with Crippen LogP contribution in [0.4, 0.5) is 0 Å². The van der Waals surface area contributed by atoms with E-state index in [1.165, 1.54) is 17.5 Å². The summed E-state index contributed by atoms with van der Waals surface area (Å²) in [7, 11) is 0. The Kier molecular flexibility index (Phi) is 6.58. The molecule has 1 unspecified atom stereocenters. The molecule has 0 aliphatic heterocycles. The quantitative estimate of drug-likeness (QED) is 0.691. The van der Waals surface area contributed by atoms with Gasteiger partial charge in [0, 0.05) is 5.02 Å². The first-order valence-electron chi connectivity index (χ1n) is 7.24. The van der Waals surface area contributed by atoms with Crippen molar-refractivity contribution in [3.63, 3.8) is 0 Å². The van der Waals surface area contributed by atoms with Crippen molar-refractivity contribution in [3.8, 4) is 0 Å². The fraction of sp³-hybridized carbons (Fsp3) is 0.412. The molecule has 0 saturated heterocycles. The minimum Gasteiger partial charge on any atom is -0.316 e. The lowest BCUT2D eigenvalue weighted by Gasteiger charge is -2.17. The van der Waals surface area contributed by atoms with Crippen molar-refractivity contribution in [3.05, 3.63) is 57.2 Å². The van der Waals surface area contributed by atoms with Crippen molar-refractivity contribution in [2.75, 3.05) is 13.1 Å². The largest absolute Gasteiger partial charge is 0.316 e. The Bertz CT molecular complexity index is 478. The molecule has 0 aliphatic rings. The van der Waals surface area contributed by atoms with Crippen molar-refractivity contribution in [2.24, 2.45) is 5.92 Å². The SMILES string of the molecule is CCCNCC(Cc1ccc(Cl)cc1)Cc1ccsc1. The molecule has 1 aromatic heterocycles. The van der Waals surface area contributed by atoms with E-state index in [0.29, 0.717) is 5.92 Å². The molecule has 0 fully saturated rings. The number of thiophene rings is 1. The van der Waals surface area contributed by atoms with Crippen LogP contribution in [0.25, 0.3) is 0 Å². The maximum atomic E-state index is 5.95. The number of nitrogens with one attached hydrogen (secondary N) is 1. The van der Waals surface area contributed by atoms with Crippen LogP contribution < -0.4 is 5.32 Å². The number of hydrogen-bond donors (Lipinski definition) is 1. The standard InChI is InChI=1S/C17H22ClNS/c1-2-8-19-12-16(11-15-7-9-20-13-15)10-14-3-5-17(18)6-4-14/h3-7,9,13,16,19H,2,8,10-12H2,1H3. The zero-order valence-electron chi connectivity index (χ0n) is 11.9. The Morgan fingerprint density at radius 3 is 2.50 bits per heavy atom. The summed E-state index contributed by atoms with van der Waals surface area (Å²) in [4.78, 5) is 0. The molecule has 0 aliphatic carbocycles. The first-order valence-corrected chi connectivity index (χ1v) is 8.56. The van der Waals surface area contributed by atoms with Gasteiger partial charge in [0.2, 0.25) is 0 Å². The summed E-state index contributed by atoms with van der Waals surface area (Å²) in [5, 5.41) is 8.79. The second-order valence-electron chi connectivity index (χ2n) is 5.24. The fourth-order valence-corrected chi connectivity index (χ4v) is 3.20. The first kappa shape index (κ1) is 15.6. The maximum absolute atomic E-state index is 5.95. The number of rotatable bonds is 8. The number of benzene rings is 1. The predicted octanol–water partition coefficient (Wildman–Crippen LogP) is 4.80. The highest BCUT2D eigenvalue weighted by Crippen LogP contribution is 2.18. The number of halogens is 1. The van der Waals surface area contributed by atoms with Gasteiger partial charge in [-0.05, 0) is 78.4 Å². The summed E-state index contributed by atoms with van der Waals surface area (Å²) in [5.74, 6) is 0.636. The lowest BCUT2D eigenvalue weighted by molar-refractivity contribution is 0.471. The molecule has 2 rings (SSSR count). The van der Waals surface area contributed by atoms with Crippen molar-refractivity contribution >= 4 is 22.9 Å². The van der Waals surface area contributed by atoms with Crippen molar-refractivity contribution in [1.29, 1.82) is 0 Å². The monoisotopic (exact) mass is 307 g/mol. The van der Waals surface area contributed by atoms with Gasteiger partial charge in [-0.2, -0.15) is 11.3 Å². The highest BCUT2D eigenvalue weighted by atomic mass is 35.5. The highest BCUT2D eigenvalue weighted by molar-refractivity contribution is 7.07. The smallest absolute Gasteiger partial charge is 0.0406 e. The summed E-state index contributed by atoms with van der Waals surface area (Å²) >= 11 is 7.74. The Hall–Kier alpha value is -0.830. The van der Waals surface area contributed by atoms with Gasteiger partial charge in [0.1, 0.15) is 0 Å². The van der Waals surface area contributed by atoms with Gasteiger partial charge >= 0.3 is 0 Å². The summed E-state index contributed by atoms with van der Waals surface area (Å²) < 4.78 is 0. The molecule has 1 nitrogen and oxygen atoms in total. The van der Waals surface area contributed by atoms with Crippen LogP contribution in [0.5, 0.6) is 0 Å². The topological polar surface area (TPSA) is 12.0 Å². The Balaban J connectivity index is 1.95. The van der Waals surface area contributed by atoms with Crippen molar-refractivity contribution < 1.29 is 0 Å². The van der Waals surface area contributed by atoms with Gasteiger partial charge in [0.15, 0.2) is 0 Å². The third-order valence-electron chi connectivity index (χ3n) is 3.40. The van der Waals surface area contributed by atoms with Gasteiger partial charge in [-0.15, -0.1) is 0 Å². The van der Waals surface area contributed by atoms with Crippen LogP contribution in [0.15, 0.2) is 41.1 Å². The highest BCUT2D eigenvalue weighted by Gasteiger charge is 2.11. The van der Waals surface area contributed by atoms with Crippen molar-refractivity contribution in [2.45, 2.75) is 26.2 Å². The molecule has 2 aromatic rings. The van der Waals surface area contributed by atoms with Crippen LogP contribution in [-0.2, 0) is 12.8 Å². The third kappa shape index (κ3) is 5.28. The molecule has 0 radical (unpaired) electrons. The molecule has 0 saturated carbocycles. The Morgan fingerprint density at radius 2 is 1.85 bits per heavy atom. The molecule has 0 amide bonds. The van der Waals surface area contributed by atoms with Crippen LogP contribution >= 0.6 is 22.9 Å². The molecule has 0 bridgehead atoms. The maximum Gasteiger partial charge on any atom is 0.0406 e. The van der Waals surface area contributed by atoms with E-state index < -0.39 is 0 Å². The molecule has 1 aromatic carbocycles. The molecular formula is C17H22ClNS. The molecule has 20 heavy (non-hydrogen) atoms. The second-order valence-corrected chi connectivity index (χ2v) is 6.45. The minimum atomic E-state index is 0.636. The Labute approximate surface area is 131 Å². The van der Waals surface area contributed by atoms with Gasteiger partial charge < -0.3 is 5.32 Å². The van der Waals surface area contributed by atoms with E-state index in [2.05, 4.69) is 41.2 Å². The lowest BCUT2D eigenvalue weighted by atomic mass is 9.93. The van der Waals surface area contributed by atoms with Crippen LogP contribution in [-0.4, -0.2) is 13.1 Å². The summed E-state index contributed by atoms with van der Waals surface area (Å²) in [5.41, 5.74) is 2.82. The molecule has 108 valence electrons. The van der Waals surface area contributed by atoms with Gasteiger partial charge in [-0.3, -0.25) is 0 Å². The van der Waals surface area contributed by atoms with Crippen molar-refractivity contribution in [1.82, 2.24) is 5.32 Å². The van der Waals surface area contributed by atoms with E-state index >= 15 is 0 Å². The van der Waals surface area contributed by atoms with E-state index in [1.54, 1.807) is 11.3 Å². The summed E-state index contributed by atoms with van der Waals surface area (Å²) in [6, 6.07) is 10.5. The van der Waals surface area contributed by atoms with Gasteiger partial charge in [0.25, 0.3) is 0 Å². The third-order valence-corrected chi connectivity index (χ3v) is 4.39. The zero-order valence-corrected chi connectivity index (χ0v) is 13.5. The fourth-order valence-electron chi connectivity index (χ4n) is 2.40. The predicted molar refractivity (Wildman–Crippen MR) is 89.8 cm³/mol. The van der Waals surface area contributed by atoms with E-state index in [1.807, 2.05) is 12.1 Å². The van der Waals surface area contributed by atoms with Crippen LogP contribution in [0.2, 0.25) is 5.02 Å². The van der Waals surface area contributed by atoms with Gasteiger partial charge in [0.05, 0.1) is 0 Å². The van der Waals surface area contributed by atoms with Crippen LogP contribution in [0.3, 0.4) is 0 Å². The van der Waals surface area contributed by atoms with E-state index in [-0.39, 0.29) is 0 Å². The van der Waals surface area contributed by atoms with Gasteiger partial charge in [-0.1, -0.05) is 30.7 Å². The number of hydrogen-bond acceptors (Lipinski definition) is 2. The normalized spacial score (nSPS) is 12.5. The first-order chi connectivity index (χ1) is 9.78. The minimum absolute atomic E-state index is 0.636. The molecule has 1 heterocycles. The molecule has 0 spiro atoms. The summed E-state index contributed by atoms with van der Waals surface area (Å²) in [6.07, 6.45) is 3.43. The van der Waals surface area contributed by atoms with E-state index in [4.69, 9.17) is 11.6 Å². The summed E-state index contributed by atoms with van der Waals surface area (Å²) in [6.45, 7) is 4.38. The molecule has 1 atom stereocenters.